The van der Waals surface area contributed by atoms with Crippen LogP contribution in [0.15, 0.2) is 0 Å². The first-order chi connectivity index (χ1) is 10.5. The monoisotopic (exact) mass is 310 g/mol. The van der Waals surface area contributed by atoms with Gasteiger partial charge in [0.15, 0.2) is 0 Å². The molecule has 0 aromatic heterocycles. The Balaban J connectivity index is 1.90. The van der Waals surface area contributed by atoms with Crippen molar-refractivity contribution < 1.29 is 9.53 Å². The summed E-state index contributed by atoms with van der Waals surface area (Å²) >= 11 is 0. The van der Waals surface area contributed by atoms with Gasteiger partial charge in [0.1, 0.15) is 6.10 Å². The molecule has 0 aromatic carbocycles. The summed E-state index contributed by atoms with van der Waals surface area (Å²) in [6, 6.07) is 0.163. The molecule has 5 atom stereocenters. The van der Waals surface area contributed by atoms with Crippen LogP contribution in [0, 0.1) is 11.8 Å². The Morgan fingerprint density at radius 3 is 2.73 bits per heavy atom. The Morgan fingerprint density at radius 2 is 2.09 bits per heavy atom. The normalized spacial score (nSPS) is 32.5. The third kappa shape index (κ3) is 4.69. The third-order valence-corrected chi connectivity index (χ3v) is 5.40. The highest BCUT2D eigenvalue weighted by Gasteiger charge is 2.32. The van der Waals surface area contributed by atoms with Gasteiger partial charge in [0.05, 0.1) is 6.10 Å². The Bertz CT molecular complexity index is 359. The van der Waals surface area contributed by atoms with Crippen molar-refractivity contribution in [1.82, 2.24) is 4.90 Å². The summed E-state index contributed by atoms with van der Waals surface area (Å²) in [5.41, 5.74) is 6.03. The third-order valence-electron chi connectivity index (χ3n) is 5.40. The zero-order chi connectivity index (χ0) is 16.1. The topological polar surface area (TPSA) is 55.6 Å². The summed E-state index contributed by atoms with van der Waals surface area (Å²) in [5, 5.41) is 0. The van der Waals surface area contributed by atoms with E-state index in [1.807, 2.05) is 4.90 Å². The largest absolute Gasteiger partial charge is 0.365 e. The summed E-state index contributed by atoms with van der Waals surface area (Å²) < 4.78 is 6.20. The zero-order valence-electron chi connectivity index (χ0n) is 14.6. The van der Waals surface area contributed by atoms with Crippen molar-refractivity contribution in [2.75, 3.05) is 13.1 Å². The maximum atomic E-state index is 12.8. The van der Waals surface area contributed by atoms with E-state index < -0.39 is 0 Å². The highest BCUT2D eigenvalue weighted by molar-refractivity contribution is 5.81. The van der Waals surface area contributed by atoms with Crippen LogP contribution >= 0.6 is 0 Å². The van der Waals surface area contributed by atoms with Gasteiger partial charge < -0.3 is 15.4 Å². The molecular weight excluding hydrogens is 276 g/mol. The summed E-state index contributed by atoms with van der Waals surface area (Å²) in [6.45, 7) is 8.06. The second-order valence-electron chi connectivity index (χ2n) is 7.47. The molecule has 1 aliphatic heterocycles. The first kappa shape index (κ1) is 17.7. The second kappa shape index (κ2) is 8.30. The Hall–Kier alpha value is -0.610. The predicted molar refractivity (Wildman–Crippen MR) is 89.5 cm³/mol. The first-order valence-electron chi connectivity index (χ1n) is 9.21. The molecule has 0 radical (unpaired) electrons. The maximum Gasteiger partial charge on any atom is 0.251 e. The summed E-state index contributed by atoms with van der Waals surface area (Å²) in [7, 11) is 0. The maximum absolute atomic E-state index is 12.8. The van der Waals surface area contributed by atoms with Crippen LogP contribution in [-0.4, -0.2) is 42.1 Å². The number of carbonyl (C=O) groups excluding carboxylic acids is 1. The highest BCUT2D eigenvalue weighted by atomic mass is 16.5. The minimum atomic E-state index is -0.262. The Morgan fingerprint density at radius 1 is 1.32 bits per heavy atom. The molecule has 5 unspecified atom stereocenters. The highest BCUT2D eigenvalue weighted by Crippen LogP contribution is 2.28. The van der Waals surface area contributed by atoms with E-state index in [0.717, 1.165) is 51.1 Å². The van der Waals surface area contributed by atoms with Gasteiger partial charge in [-0.25, -0.2) is 0 Å². The van der Waals surface area contributed by atoms with Crippen LogP contribution in [0.2, 0.25) is 0 Å². The van der Waals surface area contributed by atoms with Crippen molar-refractivity contribution in [2.45, 2.75) is 84.0 Å². The van der Waals surface area contributed by atoms with Gasteiger partial charge >= 0.3 is 0 Å². The van der Waals surface area contributed by atoms with E-state index >= 15 is 0 Å². The molecule has 2 fully saturated rings. The lowest BCUT2D eigenvalue weighted by Gasteiger charge is -2.37. The van der Waals surface area contributed by atoms with Crippen LogP contribution in [-0.2, 0) is 9.53 Å². The lowest BCUT2D eigenvalue weighted by Crippen LogP contribution is -2.49. The van der Waals surface area contributed by atoms with Gasteiger partial charge in [-0.3, -0.25) is 4.79 Å². The molecule has 22 heavy (non-hydrogen) atoms. The minimum Gasteiger partial charge on any atom is -0.365 e. The van der Waals surface area contributed by atoms with Gasteiger partial charge in [-0.2, -0.15) is 0 Å². The lowest BCUT2D eigenvalue weighted by molar-refractivity contribution is -0.151. The van der Waals surface area contributed by atoms with Gasteiger partial charge in [0.25, 0.3) is 5.91 Å². The molecule has 1 amide bonds. The van der Waals surface area contributed by atoms with Crippen molar-refractivity contribution in [3.8, 4) is 0 Å². The van der Waals surface area contributed by atoms with Gasteiger partial charge in [-0.1, -0.05) is 26.7 Å². The van der Waals surface area contributed by atoms with Crippen molar-refractivity contribution in [3.05, 3.63) is 0 Å². The summed E-state index contributed by atoms with van der Waals surface area (Å²) in [5.74, 6) is 1.35. The smallest absolute Gasteiger partial charge is 0.251 e. The van der Waals surface area contributed by atoms with Crippen molar-refractivity contribution in [3.63, 3.8) is 0 Å². The quantitative estimate of drug-likeness (QED) is 0.849. The number of hydrogen-bond donors (Lipinski definition) is 1. The second-order valence-corrected chi connectivity index (χ2v) is 7.47. The number of carbonyl (C=O) groups is 1. The molecule has 2 rings (SSSR count). The zero-order valence-corrected chi connectivity index (χ0v) is 14.6. The number of nitrogens with two attached hydrogens (primary N) is 1. The van der Waals surface area contributed by atoms with E-state index in [1.165, 1.54) is 12.8 Å². The molecule has 2 aliphatic rings. The molecule has 1 saturated heterocycles. The van der Waals surface area contributed by atoms with Crippen LogP contribution < -0.4 is 5.73 Å². The fourth-order valence-corrected chi connectivity index (χ4v) is 3.91. The Labute approximate surface area is 135 Å². The molecular formula is C18H34N2O2. The van der Waals surface area contributed by atoms with Gasteiger partial charge in [0, 0.05) is 19.1 Å². The van der Waals surface area contributed by atoms with Gasteiger partial charge in [0.2, 0.25) is 0 Å². The molecule has 128 valence electrons. The summed E-state index contributed by atoms with van der Waals surface area (Å²) in [4.78, 5) is 14.8. The van der Waals surface area contributed by atoms with Gasteiger partial charge in [-0.15, -0.1) is 0 Å². The first-order valence-corrected chi connectivity index (χ1v) is 9.21. The van der Waals surface area contributed by atoms with E-state index in [1.54, 1.807) is 0 Å². The lowest BCUT2D eigenvalue weighted by atomic mass is 9.88. The van der Waals surface area contributed by atoms with Crippen LogP contribution in [0.4, 0.5) is 0 Å². The minimum absolute atomic E-state index is 0.163. The van der Waals surface area contributed by atoms with Crippen LogP contribution in [0.3, 0.4) is 0 Å². The van der Waals surface area contributed by atoms with Crippen LogP contribution in [0.5, 0.6) is 0 Å². The number of likely N-dealkylation sites (tertiary alicyclic amines) is 1. The number of hydrogen-bond acceptors (Lipinski definition) is 3. The van der Waals surface area contributed by atoms with Gasteiger partial charge in [-0.05, 0) is 50.9 Å². The molecule has 0 bridgehead atoms. The van der Waals surface area contributed by atoms with E-state index in [0.29, 0.717) is 5.92 Å². The molecule has 1 aliphatic carbocycles. The molecule has 4 heteroatoms. The fourth-order valence-electron chi connectivity index (χ4n) is 3.91. The molecule has 0 aromatic rings. The number of nitrogens with zero attached hydrogens (tertiary/aromatic N) is 1. The fraction of sp³-hybridized carbons (Fsp3) is 0.944. The van der Waals surface area contributed by atoms with Crippen LogP contribution in [0.1, 0.15) is 65.7 Å². The predicted octanol–water partition coefficient (Wildman–Crippen LogP) is 2.95. The molecule has 4 nitrogen and oxygen atoms in total. The van der Waals surface area contributed by atoms with E-state index in [4.69, 9.17) is 10.5 Å². The van der Waals surface area contributed by atoms with Crippen molar-refractivity contribution in [2.24, 2.45) is 17.6 Å². The molecule has 1 heterocycles. The van der Waals surface area contributed by atoms with Crippen LogP contribution in [0.25, 0.3) is 0 Å². The number of amides is 1. The average molecular weight is 310 g/mol. The van der Waals surface area contributed by atoms with Crippen molar-refractivity contribution >= 4 is 5.91 Å². The standard InChI is InChI=1S/C18H34N2O2/c1-4-17(22-16-9-5-7-13(2)11-16)18(21)20-10-6-8-15(12-20)14(3)19/h13-17H,4-12,19H2,1-3H3. The molecule has 1 saturated carbocycles. The number of rotatable bonds is 5. The number of piperidine rings is 1. The van der Waals surface area contributed by atoms with E-state index in [9.17, 15) is 4.79 Å². The Kier molecular flexibility index (Phi) is 6.69. The van der Waals surface area contributed by atoms with E-state index in [2.05, 4.69) is 20.8 Å². The molecule has 0 spiro atoms. The SMILES string of the molecule is CCC(OC1CCCC(C)C1)C(=O)N1CCCC(C(C)N)C1. The van der Waals surface area contributed by atoms with Crippen molar-refractivity contribution in [1.29, 1.82) is 0 Å². The molecule has 2 N–H and O–H groups in total. The van der Waals surface area contributed by atoms with E-state index in [-0.39, 0.29) is 24.2 Å². The number of ether oxygens (including phenoxy) is 1. The summed E-state index contributed by atoms with van der Waals surface area (Å²) in [6.07, 6.45) is 7.72. The average Bonchev–Trinajstić information content (AvgIpc) is 2.52.